The number of carbonyl (C=O) groups is 4. The number of hydrogen-bond acceptors (Lipinski definition) is 6. The van der Waals surface area contributed by atoms with Crippen LogP contribution in [0.3, 0.4) is 0 Å². The molecule has 0 fully saturated rings. The van der Waals surface area contributed by atoms with Crippen molar-refractivity contribution in [2.45, 2.75) is 19.4 Å². The summed E-state index contributed by atoms with van der Waals surface area (Å²) in [4.78, 5) is 53.1. The standard InChI is InChI=1S/C27H22ClN3O6/c1-2-20(24(33)26-31-21-5-3-4-6-22(21)37-26)30-23(32)14-29-25(34)16-9-7-15(8-10-16)18-13-17(27(35)36)11-12-19(18)28/h3-13,20H,2,14H2,1H3,(H,29,34)(H,30,32)(H,35,36)/t20-/m0/s1. The Morgan fingerprint density at radius 2 is 1.70 bits per heavy atom. The lowest BCUT2D eigenvalue weighted by molar-refractivity contribution is -0.120. The number of aromatic nitrogens is 1. The molecule has 0 saturated carbocycles. The summed E-state index contributed by atoms with van der Waals surface area (Å²) in [6, 6.07) is 16.8. The van der Waals surface area contributed by atoms with Gasteiger partial charge in [0.05, 0.1) is 18.2 Å². The first-order valence-corrected chi connectivity index (χ1v) is 11.7. The van der Waals surface area contributed by atoms with Gasteiger partial charge in [0.15, 0.2) is 5.58 Å². The van der Waals surface area contributed by atoms with Crippen LogP contribution in [0.1, 0.15) is 44.7 Å². The third kappa shape index (κ3) is 5.84. The van der Waals surface area contributed by atoms with E-state index in [1.165, 1.54) is 30.3 Å². The van der Waals surface area contributed by atoms with E-state index in [-0.39, 0.29) is 23.6 Å². The van der Waals surface area contributed by atoms with Crippen molar-refractivity contribution in [1.82, 2.24) is 15.6 Å². The van der Waals surface area contributed by atoms with Crippen LogP contribution in [0.25, 0.3) is 22.2 Å². The van der Waals surface area contributed by atoms with Crippen molar-refractivity contribution in [3.05, 3.63) is 88.8 Å². The average Bonchev–Trinajstić information content (AvgIpc) is 3.34. The van der Waals surface area contributed by atoms with Gasteiger partial charge in [-0.2, -0.15) is 0 Å². The van der Waals surface area contributed by atoms with Gasteiger partial charge in [-0.25, -0.2) is 9.78 Å². The Bertz CT molecular complexity index is 1460. The van der Waals surface area contributed by atoms with Gasteiger partial charge >= 0.3 is 5.97 Å². The van der Waals surface area contributed by atoms with Crippen LogP contribution < -0.4 is 10.6 Å². The Balaban J connectivity index is 1.35. The van der Waals surface area contributed by atoms with E-state index in [2.05, 4.69) is 15.6 Å². The van der Waals surface area contributed by atoms with Crippen molar-refractivity contribution < 1.29 is 28.7 Å². The minimum absolute atomic E-state index is 0.0900. The van der Waals surface area contributed by atoms with Gasteiger partial charge in [-0.3, -0.25) is 14.4 Å². The summed E-state index contributed by atoms with van der Waals surface area (Å²) < 4.78 is 5.50. The number of nitrogens with one attached hydrogen (secondary N) is 2. The van der Waals surface area contributed by atoms with Crippen LogP contribution in [0.15, 0.2) is 71.1 Å². The Morgan fingerprint density at radius 1 is 1.00 bits per heavy atom. The molecule has 0 aliphatic carbocycles. The first-order valence-electron chi connectivity index (χ1n) is 11.4. The van der Waals surface area contributed by atoms with Gasteiger partial charge < -0.3 is 20.2 Å². The van der Waals surface area contributed by atoms with E-state index in [9.17, 15) is 24.3 Å². The fourth-order valence-electron chi connectivity index (χ4n) is 3.67. The maximum atomic E-state index is 12.8. The van der Waals surface area contributed by atoms with Crippen LogP contribution in [0.4, 0.5) is 0 Å². The second-order valence-electron chi connectivity index (χ2n) is 8.14. The monoisotopic (exact) mass is 519 g/mol. The molecule has 0 aliphatic rings. The van der Waals surface area contributed by atoms with E-state index in [0.717, 1.165) is 0 Å². The molecule has 1 aromatic heterocycles. The van der Waals surface area contributed by atoms with Crippen molar-refractivity contribution >= 4 is 46.3 Å². The number of halogens is 1. The van der Waals surface area contributed by atoms with Gasteiger partial charge in [0.1, 0.15) is 5.52 Å². The predicted molar refractivity (Wildman–Crippen MR) is 137 cm³/mol. The quantitative estimate of drug-likeness (QED) is 0.279. The van der Waals surface area contributed by atoms with Crippen molar-refractivity contribution in [3.63, 3.8) is 0 Å². The van der Waals surface area contributed by atoms with Crippen LogP contribution >= 0.6 is 11.6 Å². The van der Waals surface area contributed by atoms with Crippen LogP contribution in [0.5, 0.6) is 0 Å². The zero-order chi connectivity index (χ0) is 26.5. The number of carboxylic acid groups (broad SMARTS) is 1. The molecule has 0 spiro atoms. The zero-order valence-electron chi connectivity index (χ0n) is 19.7. The molecule has 1 heterocycles. The minimum Gasteiger partial charge on any atom is -0.478 e. The molecule has 188 valence electrons. The Morgan fingerprint density at radius 3 is 2.38 bits per heavy atom. The SMILES string of the molecule is CC[C@H](NC(=O)CNC(=O)c1ccc(-c2cc(C(=O)O)ccc2Cl)cc1)C(=O)c1nc2ccccc2o1. The molecular weight excluding hydrogens is 498 g/mol. The molecule has 9 nitrogen and oxygen atoms in total. The molecule has 3 aromatic carbocycles. The summed E-state index contributed by atoms with van der Waals surface area (Å²) in [7, 11) is 0. The average molecular weight is 520 g/mol. The van der Waals surface area contributed by atoms with Crippen LogP contribution in [-0.4, -0.2) is 46.2 Å². The second kappa shape index (κ2) is 11.0. The Kier molecular flexibility index (Phi) is 7.64. The molecule has 1 atom stereocenters. The third-order valence-electron chi connectivity index (χ3n) is 5.65. The maximum Gasteiger partial charge on any atom is 0.335 e. The highest BCUT2D eigenvalue weighted by atomic mass is 35.5. The number of fused-ring (bicyclic) bond motifs is 1. The maximum absolute atomic E-state index is 12.8. The molecule has 0 bridgehead atoms. The number of ketones is 1. The molecule has 0 unspecified atom stereocenters. The number of hydrogen-bond donors (Lipinski definition) is 3. The van der Waals surface area contributed by atoms with E-state index in [4.69, 9.17) is 16.0 Å². The largest absolute Gasteiger partial charge is 0.478 e. The van der Waals surface area contributed by atoms with Crippen LogP contribution in [-0.2, 0) is 4.79 Å². The second-order valence-corrected chi connectivity index (χ2v) is 8.55. The van der Waals surface area contributed by atoms with Crippen molar-refractivity contribution in [2.75, 3.05) is 6.54 Å². The van der Waals surface area contributed by atoms with E-state index < -0.39 is 29.6 Å². The number of rotatable bonds is 9. The fourth-order valence-corrected chi connectivity index (χ4v) is 3.89. The summed E-state index contributed by atoms with van der Waals surface area (Å²) >= 11 is 6.21. The first kappa shape index (κ1) is 25.6. The predicted octanol–water partition coefficient (Wildman–Crippen LogP) is 4.35. The summed E-state index contributed by atoms with van der Waals surface area (Å²) in [5.41, 5.74) is 2.54. The number of carboxylic acids is 1. The normalized spacial score (nSPS) is 11.6. The van der Waals surface area contributed by atoms with Gasteiger partial charge in [0.25, 0.3) is 11.8 Å². The number of benzene rings is 3. The fraction of sp³-hybridized carbons (Fsp3) is 0.148. The Labute approximate surface area is 216 Å². The number of amides is 2. The molecule has 0 radical (unpaired) electrons. The summed E-state index contributed by atoms with van der Waals surface area (Å²) in [5.74, 6) is -2.66. The van der Waals surface area contributed by atoms with E-state index >= 15 is 0 Å². The lowest BCUT2D eigenvalue weighted by Crippen LogP contribution is -2.45. The number of nitrogens with zero attached hydrogens (tertiary/aromatic N) is 1. The number of carbonyl (C=O) groups excluding carboxylic acids is 3. The number of oxazole rings is 1. The van der Waals surface area contributed by atoms with Gasteiger partial charge in [0.2, 0.25) is 11.7 Å². The highest BCUT2D eigenvalue weighted by Crippen LogP contribution is 2.29. The van der Waals surface area contributed by atoms with E-state index in [1.54, 1.807) is 43.3 Å². The molecule has 2 amide bonds. The lowest BCUT2D eigenvalue weighted by Gasteiger charge is -2.14. The van der Waals surface area contributed by atoms with Gasteiger partial charge in [-0.15, -0.1) is 0 Å². The number of para-hydroxylation sites is 2. The molecule has 4 rings (SSSR count). The first-order chi connectivity index (χ1) is 17.8. The van der Waals surface area contributed by atoms with Crippen LogP contribution in [0, 0.1) is 0 Å². The topological polar surface area (TPSA) is 139 Å². The zero-order valence-corrected chi connectivity index (χ0v) is 20.4. The summed E-state index contributed by atoms with van der Waals surface area (Å²) in [5, 5.41) is 14.7. The molecular formula is C27H22ClN3O6. The van der Waals surface area contributed by atoms with Gasteiger partial charge in [-0.05, 0) is 54.4 Å². The van der Waals surface area contributed by atoms with Crippen molar-refractivity contribution in [3.8, 4) is 11.1 Å². The minimum atomic E-state index is -1.08. The number of aromatic carboxylic acids is 1. The highest BCUT2D eigenvalue weighted by Gasteiger charge is 2.25. The molecule has 10 heteroatoms. The molecule has 0 saturated heterocycles. The van der Waals surface area contributed by atoms with Crippen molar-refractivity contribution in [1.29, 1.82) is 0 Å². The van der Waals surface area contributed by atoms with Gasteiger partial charge in [0, 0.05) is 16.1 Å². The van der Waals surface area contributed by atoms with E-state index in [1.807, 2.05) is 0 Å². The molecule has 37 heavy (non-hydrogen) atoms. The lowest BCUT2D eigenvalue weighted by atomic mass is 10.0. The highest BCUT2D eigenvalue weighted by molar-refractivity contribution is 6.33. The van der Waals surface area contributed by atoms with Crippen LogP contribution in [0.2, 0.25) is 5.02 Å². The summed E-state index contributed by atoms with van der Waals surface area (Å²) in [6.45, 7) is 1.40. The molecule has 3 N–H and O–H groups in total. The van der Waals surface area contributed by atoms with E-state index in [0.29, 0.717) is 33.7 Å². The third-order valence-corrected chi connectivity index (χ3v) is 5.98. The Hall–Kier alpha value is -4.50. The van der Waals surface area contributed by atoms with Gasteiger partial charge in [-0.1, -0.05) is 42.8 Å². The number of Topliss-reactive ketones (excluding diaryl/α,β-unsaturated/α-hetero) is 1. The van der Waals surface area contributed by atoms with Crippen molar-refractivity contribution in [2.24, 2.45) is 0 Å². The molecule has 4 aromatic rings. The summed E-state index contributed by atoms with van der Waals surface area (Å²) in [6.07, 6.45) is 0.310. The smallest absolute Gasteiger partial charge is 0.335 e. The molecule has 0 aliphatic heterocycles.